The Kier molecular flexibility index (Phi) is 5.96. The van der Waals surface area contributed by atoms with E-state index in [0.29, 0.717) is 6.54 Å². The Morgan fingerprint density at radius 3 is 2.62 bits per heavy atom. The van der Waals surface area contributed by atoms with Crippen molar-refractivity contribution < 1.29 is 9.90 Å². The maximum Gasteiger partial charge on any atom is 0.426 e. The molecule has 0 aromatic rings. The van der Waals surface area contributed by atoms with Gasteiger partial charge in [0.1, 0.15) is 0 Å². The van der Waals surface area contributed by atoms with E-state index in [4.69, 9.17) is 10.8 Å². The number of carboxylic acid groups (broad SMARTS) is 1. The zero-order chi connectivity index (χ0) is 10.3. The highest BCUT2D eigenvalue weighted by Crippen LogP contribution is 1.96. The molecule has 0 rings (SSSR count). The molecule has 0 aromatic carbocycles. The fourth-order valence-electron chi connectivity index (χ4n) is 0.852. The lowest BCUT2D eigenvalue weighted by molar-refractivity contribution is 0.133. The Labute approximate surface area is 82.9 Å². The molecule has 0 aliphatic rings. The average molecular weight is 205 g/mol. The average Bonchev–Trinajstić information content (AvgIpc) is 2.02. The van der Waals surface area contributed by atoms with Crippen molar-refractivity contribution in [2.45, 2.75) is 26.2 Å². The predicted molar refractivity (Wildman–Crippen MR) is 54.2 cm³/mol. The van der Waals surface area contributed by atoms with E-state index < -0.39 is 6.09 Å². The van der Waals surface area contributed by atoms with Gasteiger partial charge in [-0.1, -0.05) is 19.8 Å². The highest BCUT2D eigenvalue weighted by atomic mass is 32.1. The van der Waals surface area contributed by atoms with Crippen LogP contribution in [0.15, 0.2) is 0 Å². The largest absolute Gasteiger partial charge is 0.464 e. The molecule has 1 amide bonds. The second-order valence-corrected chi connectivity index (χ2v) is 3.06. The van der Waals surface area contributed by atoms with Gasteiger partial charge in [0.25, 0.3) is 0 Å². The molecule has 0 aliphatic carbocycles. The standard InChI is InChI=1S/C7H15N3O2S/c1-2-3-4-5-10(7(11)12)9-6(8)13/h2-5H2,1H3,(H,11,12)(H3,8,9,13). The first-order chi connectivity index (χ1) is 6.07. The minimum Gasteiger partial charge on any atom is -0.464 e. The van der Waals surface area contributed by atoms with Crippen LogP contribution in [0.2, 0.25) is 0 Å². The fraction of sp³-hybridized carbons (Fsp3) is 0.714. The normalized spacial score (nSPS) is 9.31. The molecule has 13 heavy (non-hydrogen) atoms. The third kappa shape index (κ3) is 6.15. The number of hydrogen-bond acceptors (Lipinski definition) is 2. The van der Waals surface area contributed by atoms with Crippen LogP contribution in [0.3, 0.4) is 0 Å². The van der Waals surface area contributed by atoms with Gasteiger partial charge in [0, 0.05) is 6.54 Å². The van der Waals surface area contributed by atoms with Crippen LogP contribution in [0.25, 0.3) is 0 Å². The summed E-state index contributed by atoms with van der Waals surface area (Å²) in [6.07, 6.45) is 1.77. The Balaban J connectivity index is 3.81. The van der Waals surface area contributed by atoms with Crippen molar-refractivity contribution in [3.8, 4) is 0 Å². The lowest BCUT2D eigenvalue weighted by Gasteiger charge is -2.19. The predicted octanol–water partition coefficient (Wildman–Crippen LogP) is 0.905. The monoisotopic (exact) mass is 205 g/mol. The summed E-state index contributed by atoms with van der Waals surface area (Å²) in [6, 6.07) is 0. The van der Waals surface area contributed by atoms with Crippen molar-refractivity contribution in [3.05, 3.63) is 0 Å². The summed E-state index contributed by atoms with van der Waals surface area (Å²) in [6.45, 7) is 2.45. The molecule has 5 nitrogen and oxygen atoms in total. The number of hydrogen-bond donors (Lipinski definition) is 3. The molecule has 0 saturated heterocycles. The van der Waals surface area contributed by atoms with Gasteiger partial charge in [-0.3, -0.25) is 5.43 Å². The number of thiocarbonyl (C=S) groups is 1. The highest BCUT2D eigenvalue weighted by molar-refractivity contribution is 7.80. The third-order valence-corrected chi connectivity index (χ3v) is 1.55. The Hall–Kier alpha value is -1.04. The first kappa shape index (κ1) is 12.0. The molecule has 76 valence electrons. The van der Waals surface area contributed by atoms with Gasteiger partial charge >= 0.3 is 6.09 Å². The van der Waals surface area contributed by atoms with Gasteiger partial charge < -0.3 is 10.8 Å². The van der Waals surface area contributed by atoms with Gasteiger partial charge in [0.05, 0.1) is 0 Å². The summed E-state index contributed by atoms with van der Waals surface area (Å²) in [7, 11) is 0. The molecule has 0 aromatic heterocycles. The first-order valence-corrected chi connectivity index (χ1v) is 4.55. The van der Waals surface area contributed by atoms with E-state index >= 15 is 0 Å². The van der Waals surface area contributed by atoms with Gasteiger partial charge in [-0.25, -0.2) is 9.80 Å². The van der Waals surface area contributed by atoms with Crippen LogP contribution < -0.4 is 11.2 Å². The van der Waals surface area contributed by atoms with Crippen LogP contribution >= 0.6 is 12.2 Å². The maximum absolute atomic E-state index is 10.6. The lowest BCUT2D eigenvalue weighted by Crippen LogP contribution is -2.48. The maximum atomic E-state index is 10.6. The molecule has 0 spiro atoms. The Morgan fingerprint density at radius 1 is 1.62 bits per heavy atom. The number of rotatable bonds is 4. The molecule has 0 heterocycles. The second-order valence-electron chi connectivity index (χ2n) is 2.62. The van der Waals surface area contributed by atoms with E-state index in [9.17, 15) is 4.79 Å². The van der Waals surface area contributed by atoms with Crippen molar-refractivity contribution in [1.82, 2.24) is 10.4 Å². The smallest absolute Gasteiger partial charge is 0.426 e. The van der Waals surface area contributed by atoms with Crippen LogP contribution in [-0.2, 0) is 0 Å². The van der Waals surface area contributed by atoms with Crippen LogP contribution in [0.4, 0.5) is 4.79 Å². The first-order valence-electron chi connectivity index (χ1n) is 4.14. The summed E-state index contributed by atoms with van der Waals surface area (Å²) in [5, 5.41) is 9.64. The number of nitrogens with zero attached hydrogens (tertiary/aromatic N) is 1. The molecule has 0 aliphatic heterocycles. The molecule has 6 heteroatoms. The van der Waals surface area contributed by atoms with Gasteiger partial charge in [0.15, 0.2) is 5.11 Å². The number of nitrogens with one attached hydrogen (secondary N) is 1. The number of amides is 1. The number of nitrogens with two attached hydrogens (primary N) is 1. The van der Waals surface area contributed by atoms with Gasteiger partial charge in [-0.15, -0.1) is 0 Å². The highest BCUT2D eigenvalue weighted by Gasteiger charge is 2.10. The SMILES string of the molecule is CCCCCN(NC(N)=S)C(=O)O. The van der Waals surface area contributed by atoms with Crippen molar-refractivity contribution in [2.75, 3.05) is 6.54 Å². The summed E-state index contributed by atoms with van der Waals surface area (Å²) < 4.78 is 0. The van der Waals surface area contributed by atoms with Crippen LogP contribution in [-0.4, -0.2) is 27.9 Å². The Morgan fingerprint density at radius 2 is 2.23 bits per heavy atom. The molecule has 0 unspecified atom stereocenters. The van der Waals surface area contributed by atoms with E-state index in [1.54, 1.807) is 0 Å². The summed E-state index contributed by atoms with van der Waals surface area (Å²) in [4.78, 5) is 10.6. The van der Waals surface area contributed by atoms with Crippen LogP contribution in [0, 0.1) is 0 Å². The summed E-state index contributed by atoms with van der Waals surface area (Å²) in [5.41, 5.74) is 7.53. The molecular formula is C7H15N3O2S. The molecule has 0 bridgehead atoms. The van der Waals surface area contributed by atoms with Crippen LogP contribution in [0.5, 0.6) is 0 Å². The minimum absolute atomic E-state index is 0.0288. The van der Waals surface area contributed by atoms with E-state index in [2.05, 4.69) is 17.6 Å². The molecule has 0 fully saturated rings. The second kappa shape index (κ2) is 6.47. The van der Waals surface area contributed by atoms with E-state index in [1.807, 2.05) is 6.92 Å². The minimum atomic E-state index is -1.07. The zero-order valence-corrected chi connectivity index (χ0v) is 8.43. The van der Waals surface area contributed by atoms with Crippen LogP contribution in [0.1, 0.15) is 26.2 Å². The molecular weight excluding hydrogens is 190 g/mol. The quantitative estimate of drug-likeness (QED) is 0.361. The molecule has 0 atom stereocenters. The molecule has 0 radical (unpaired) electrons. The number of unbranched alkanes of at least 4 members (excludes halogenated alkanes) is 2. The molecule has 4 N–H and O–H groups in total. The zero-order valence-electron chi connectivity index (χ0n) is 7.62. The van der Waals surface area contributed by atoms with Gasteiger partial charge in [-0.05, 0) is 18.6 Å². The Bertz CT molecular complexity index is 187. The van der Waals surface area contributed by atoms with Crippen molar-refractivity contribution >= 4 is 23.4 Å². The summed E-state index contributed by atoms with van der Waals surface area (Å²) in [5.74, 6) is 0. The van der Waals surface area contributed by atoms with Gasteiger partial charge in [0.2, 0.25) is 0 Å². The van der Waals surface area contributed by atoms with E-state index in [1.165, 1.54) is 0 Å². The molecule has 0 saturated carbocycles. The van der Waals surface area contributed by atoms with Crippen molar-refractivity contribution in [1.29, 1.82) is 0 Å². The number of hydrazine groups is 1. The van der Waals surface area contributed by atoms with Crippen molar-refractivity contribution in [2.24, 2.45) is 5.73 Å². The number of carbonyl (C=O) groups is 1. The topological polar surface area (TPSA) is 78.6 Å². The fourth-order valence-corrected chi connectivity index (χ4v) is 0.962. The lowest BCUT2D eigenvalue weighted by atomic mass is 10.2. The van der Waals surface area contributed by atoms with Gasteiger partial charge in [-0.2, -0.15) is 0 Å². The van der Waals surface area contributed by atoms with Crippen molar-refractivity contribution in [3.63, 3.8) is 0 Å². The van der Waals surface area contributed by atoms with E-state index in [0.717, 1.165) is 24.3 Å². The summed E-state index contributed by atoms with van der Waals surface area (Å²) >= 11 is 4.53. The third-order valence-electron chi connectivity index (χ3n) is 1.46. The van der Waals surface area contributed by atoms with E-state index in [-0.39, 0.29) is 5.11 Å².